The summed E-state index contributed by atoms with van der Waals surface area (Å²) in [5, 5.41) is 8.64. The number of nitrogens with zero attached hydrogens (tertiary/aromatic N) is 1. The van der Waals surface area contributed by atoms with Gasteiger partial charge in [0.15, 0.2) is 0 Å². The van der Waals surface area contributed by atoms with Crippen molar-refractivity contribution in [2.75, 3.05) is 39.2 Å². The summed E-state index contributed by atoms with van der Waals surface area (Å²) >= 11 is 5.54. The van der Waals surface area contributed by atoms with Crippen LogP contribution < -0.4 is 0 Å². The van der Waals surface area contributed by atoms with Crippen LogP contribution in [0.15, 0.2) is 0 Å². The van der Waals surface area contributed by atoms with E-state index < -0.39 is 0 Å². The molecule has 0 aromatic carbocycles. The Balaban J connectivity index is 3.18. The van der Waals surface area contributed by atoms with E-state index in [1.165, 1.54) is 0 Å². The van der Waals surface area contributed by atoms with Crippen molar-refractivity contribution in [1.29, 1.82) is 0 Å². The predicted molar refractivity (Wildman–Crippen MR) is 50.7 cm³/mol. The SMILES string of the molecule is CC(CO)OCCN(C)CCCl. The van der Waals surface area contributed by atoms with Crippen LogP contribution in [0, 0.1) is 0 Å². The average Bonchev–Trinajstić information content (AvgIpc) is 2.04. The standard InChI is InChI=1S/C8H18ClNO2/c1-8(7-11)12-6-5-10(2)4-3-9/h8,11H,3-7H2,1-2H3. The molecular formula is C8H18ClNO2. The molecule has 0 fully saturated rings. The van der Waals surface area contributed by atoms with Crippen molar-refractivity contribution in [2.45, 2.75) is 13.0 Å². The molecule has 0 saturated carbocycles. The Bertz CT molecular complexity index is 103. The summed E-state index contributed by atoms with van der Waals surface area (Å²) in [5.41, 5.74) is 0. The Labute approximate surface area is 79.3 Å². The number of halogens is 1. The lowest BCUT2D eigenvalue weighted by atomic mass is 10.4. The van der Waals surface area contributed by atoms with Gasteiger partial charge in [-0.25, -0.2) is 0 Å². The highest BCUT2D eigenvalue weighted by Crippen LogP contribution is 1.90. The molecule has 0 aromatic rings. The summed E-state index contributed by atoms with van der Waals surface area (Å²) in [7, 11) is 2.00. The van der Waals surface area contributed by atoms with Crippen molar-refractivity contribution in [2.24, 2.45) is 0 Å². The Hall–Kier alpha value is 0.170. The molecule has 0 aliphatic heterocycles. The molecule has 74 valence electrons. The second-order valence-electron chi connectivity index (χ2n) is 2.86. The van der Waals surface area contributed by atoms with Gasteiger partial charge >= 0.3 is 0 Å². The lowest BCUT2D eigenvalue weighted by Crippen LogP contribution is -2.27. The predicted octanol–water partition coefficient (Wildman–Crippen LogP) is 0.554. The highest BCUT2D eigenvalue weighted by Gasteiger charge is 2.00. The third-order valence-electron chi connectivity index (χ3n) is 1.60. The molecule has 12 heavy (non-hydrogen) atoms. The molecule has 0 spiro atoms. The minimum absolute atomic E-state index is 0.0607. The number of ether oxygens (including phenoxy) is 1. The number of aliphatic hydroxyl groups excluding tert-OH is 1. The molecule has 0 radical (unpaired) electrons. The Kier molecular flexibility index (Phi) is 7.91. The second-order valence-corrected chi connectivity index (χ2v) is 3.23. The first kappa shape index (κ1) is 12.2. The van der Waals surface area contributed by atoms with Gasteiger partial charge in [0.2, 0.25) is 0 Å². The number of aliphatic hydroxyl groups is 1. The van der Waals surface area contributed by atoms with E-state index in [9.17, 15) is 0 Å². The van der Waals surface area contributed by atoms with Gasteiger partial charge in [-0.2, -0.15) is 0 Å². The van der Waals surface area contributed by atoms with Crippen LogP contribution in [0.4, 0.5) is 0 Å². The summed E-state index contributed by atoms with van der Waals surface area (Å²) in [6.45, 7) is 4.31. The zero-order valence-corrected chi connectivity index (χ0v) is 8.55. The van der Waals surface area contributed by atoms with Crippen molar-refractivity contribution in [3.05, 3.63) is 0 Å². The first-order valence-corrected chi connectivity index (χ1v) is 4.71. The van der Waals surface area contributed by atoms with Crippen LogP contribution in [0.2, 0.25) is 0 Å². The van der Waals surface area contributed by atoms with Gasteiger partial charge in [0.1, 0.15) is 0 Å². The van der Waals surface area contributed by atoms with Crippen molar-refractivity contribution < 1.29 is 9.84 Å². The average molecular weight is 196 g/mol. The molecule has 0 heterocycles. The van der Waals surface area contributed by atoms with Crippen molar-refractivity contribution in [1.82, 2.24) is 4.90 Å². The minimum Gasteiger partial charge on any atom is -0.394 e. The lowest BCUT2D eigenvalue weighted by Gasteiger charge is -2.16. The quantitative estimate of drug-likeness (QED) is 0.603. The van der Waals surface area contributed by atoms with Gasteiger partial charge in [0.25, 0.3) is 0 Å². The Morgan fingerprint density at radius 1 is 1.50 bits per heavy atom. The Morgan fingerprint density at radius 2 is 2.17 bits per heavy atom. The highest BCUT2D eigenvalue weighted by molar-refractivity contribution is 6.18. The minimum atomic E-state index is -0.0607. The molecule has 0 bridgehead atoms. The van der Waals surface area contributed by atoms with Gasteiger partial charge in [-0.05, 0) is 14.0 Å². The van der Waals surface area contributed by atoms with Crippen LogP contribution in [-0.4, -0.2) is 55.3 Å². The summed E-state index contributed by atoms with van der Waals surface area (Å²) in [6.07, 6.45) is -0.0607. The molecule has 0 aromatic heterocycles. The first-order chi connectivity index (χ1) is 5.70. The summed E-state index contributed by atoms with van der Waals surface area (Å²) in [4.78, 5) is 2.09. The molecule has 3 nitrogen and oxygen atoms in total. The van der Waals surface area contributed by atoms with Gasteiger partial charge in [0.05, 0.1) is 19.3 Å². The van der Waals surface area contributed by atoms with E-state index >= 15 is 0 Å². The van der Waals surface area contributed by atoms with Crippen LogP contribution in [0.5, 0.6) is 0 Å². The van der Waals surface area contributed by atoms with Crippen LogP contribution in [0.3, 0.4) is 0 Å². The highest BCUT2D eigenvalue weighted by atomic mass is 35.5. The van der Waals surface area contributed by atoms with Gasteiger partial charge < -0.3 is 14.7 Å². The molecular weight excluding hydrogens is 178 g/mol. The zero-order chi connectivity index (χ0) is 9.40. The number of hydrogen-bond acceptors (Lipinski definition) is 3. The second kappa shape index (κ2) is 7.80. The van der Waals surface area contributed by atoms with Crippen molar-refractivity contribution in [3.8, 4) is 0 Å². The fourth-order valence-electron chi connectivity index (χ4n) is 0.719. The smallest absolute Gasteiger partial charge is 0.0778 e. The Morgan fingerprint density at radius 3 is 2.67 bits per heavy atom. The number of likely N-dealkylation sites (N-methyl/N-ethyl adjacent to an activating group) is 1. The van der Waals surface area contributed by atoms with Crippen LogP contribution in [0.1, 0.15) is 6.92 Å². The fourth-order valence-corrected chi connectivity index (χ4v) is 1.01. The maximum absolute atomic E-state index is 8.64. The van der Waals surface area contributed by atoms with Crippen LogP contribution in [0.25, 0.3) is 0 Å². The molecule has 4 heteroatoms. The number of alkyl halides is 1. The van der Waals surface area contributed by atoms with E-state index in [0.29, 0.717) is 12.5 Å². The summed E-state index contributed by atoms with van der Waals surface area (Å²) in [6, 6.07) is 0. The van der Waals surface area contributed by atoms with E-state index in [1.807, 2.05) is 14.0 Å². The zero-order valence-electron chi connectivity index (χ0n) is 7.79. The topological polar surface area (TPSA) is 32.7 Å². The maximum Gasteiger partial charge on any atom is 0.0778 e. The van der Waals surface area contributed by atoms with Gasteiger partial charge in [0, 0.05) is 19.0 Å². The van der Waals surface area contributed by atoms with Crippen molar-refractivity contribution in [3.63, 3.8) is 0 Å². The van der Waals surface area contributed by atoms with Gasteiger partial charge in [-0.3, -0.25) is 0 Å². The van der Waals surface area contributed by atoms with E-state index in [2.05, 4.69) is 4.90 Å². The van der Waals surface area contributed by atoms with Crippen LogP contribution >= 0.6 is 11.6 Å². The van der Waals surface area contributed by atoms with Crippen LogP contribution in [-0.2, 0) is 4.74 Å². The summed E-state index contributed by atoms with van der Waals surface area (Å²) in [5.74, 6) is 0.645. The fraction of sp³-hybridized carbons (Fsp3) is 1.00. The molecule has 0 rings (SSSR count). The van der Waals surface area contributed by atoms with E-state index in [1.54, 1.807) is 0 Å². The first-order valence-electron chi connectivity index (χ1n) is 4.17. The van der Waals surface area contributed by atoms with Gasteiger partial charge in [-0.15, -0.1) is 11.6 Å². The lowest BCUT2D eigenvalue weighted by molar-refractivity contribution is 0.0171. The largest absolute Gasteiger partial charge is 0.394 e. The molecule has 0 saturated heterocycles. The third kappa shape index (κ3) is 6.85. The molecule has 0 amide bonds. The molecule has 0 aliphatic rings. The third-order valence-corrected chi connectivity index (χ3v) is 1.77. The van der Waals surface area contributed by atoms with Gasteiger partial charge in [-0.1, -0.05) is 0 Å². The van der Waals surface area contributed by atoms with E-state index in [0.717, 1.165) is 13.1 Å². The van der Waals surface area contributed by atoms with E-state index in [-0.39, 0.29) is 12.7 Å². The number of hydrogen-bond donors (Lipinski definition) is 1. The van der Waals surface area contributed by atoms with Crippen molar-refractivity contribution >= 4 is 11.6 Å². The number of rotatable bonds is 7. The van der Waals surface area contributed by atoms with E-state index in [4.69, 9.17) is 21.4 Å². The molecule has 1 N–H and O–H groups in total. The normalized spacial score (nSPS) is 13.8. The maximum atomic E-state index is 8.64. The molecule has 1 unspecified atom stereocenters. The molecule has 1 atom stereocenters. The monoisotopic (exact) mass is 195 g/mol. The molecule has 0 aliphatic carbocycles. The summed E-state index contributed by atoms with van der Waals surface area (Å²) < 4.78 is 5.27.